The fraction of sp³-hybridized carbons (Fsp3) is 0.556. The van der Waals surface area contributed by atoms with Crippen molar-refractivity contribution in [3.63, 3.8) is 0 Å². The van der Waals surface area contributed by atoms with Crippen molar-refractivity contribution in [1.29, 1.82) is 0 Å². The molecule has 1 aliphatic rings. The van der Waals surface area contributed by atoms with Gasteiger partial charge in [0.15, 0.2) is 0 Å². The summed E-state index contributed by atoms with van der Waals surface area (Å²) in [4.78, 5) is 15.3. The molecule has 1 aromatic heterocycles. The molecule has 1 heterocycles. The molecule has 0 aliphatic heterocycles. The summed E-state index contributed by atoms with van der Waals surface area (Å²) in [5, 5.41) is 4.42. The predicted octanol–water partition coefficient (Wildman–Crippen LogP) is 1.76. The van der Waals surface area contributed by atoms with E-state index < -0.39 is 5.67 Å². The highest BCUT2D eigenvalue weighted by molar-refractivity contribution is 7.07. The average Bonchev–Trinajstić information content (AvgIpc) is 2.51. The first kappa shape index (κ1) is 9.58. The molecule has 1 aliphatic carbocycles. The van der Waals surface area contributed by atoms with Crippen molar-refractivity contribution in [3.8, 4) is 0 Å². The van der Waals surface area contributed by atoms with Gasteiger partial charge >= 0.3 is 0 Å². The van der Waals surface area contributed by atoms with Gasteiger partial charge in [0.1, 0.15) is 11.4 Å². The van der Waals surface area contributed by atoms with Gasteiger partial charge in [-0.15, -0.1) is 11.3 Å². The number of aromatic nitrogens is 1. The van der Waals surface area contributed by atoms with Gasteiger partial charge in [-0.3, -0.25) is 4.79 Å². The largest absolute Gasteiger partial charge is 0.348 e. The zero-order valence-electron chi connectivity index (χ0n) is 7.79. The summed E-state index contributed by atoms with van der Waals surface area (Å²) in [7, 11) is 0. The molecule has 5 heteroatoms. The van der Waals surface area contributed by atoms with E-state index >= 15 is 0 Å². The first-order valence-electron chi connectivity index (χ1n) is 4.45. The lowest BCUT2D eigenvalue weighted by molar-refractivity contribution is 0.0444. The third-order valence-corrected chi connectivity index (χ3v) is 2.93. The highest BCUT2D eigenvalue weighted by Crippen LogP contribution is 2.35. The van der Waals surface area contributed by atoms with Crippen LogP contribution in [0, 0.1) is 0 Å². The van der Waals surface area contributed by atoms with Crippen molar-refractivity contribution in [3.05, 3.63) is 16.6 Å². The fourth-order valence-corrected chi connectivity index (χ4v) is 2.19. The van der Waals surface area contributed by atoms with Crippen LogP contribution in [0.4, 0.5) is 4.39 Å². The Labute approximate surface area is 85.4 Å². The average molecular weight is 214 g/mol. The molecule has 1 amide bonds. The number of thiazole rings is 1. The number of nitrogens with zero attached hydrogens (tertiary/aromatic N) is 1. The number of rotatable bonds is 2. The second kappa shape index (κ2) is 3.31. The lowest BCUT2D eigenvalue weighted by atomic mass is 9.79. The van der Waals surface area contributed by atoms with Crippen molar-refractivity contribution >= 4 is 17.2 Å². The molecule has 0 aromatic carbocycles. The molecule has 76 valence electrons. The van der Waals surface area contributed by atoms with E-state index in [-0.39, 0.29) is 11.9 Å². The first-order valence-corrected chi connectivity index (χ1v) is 5.39. The second-order valence-corrected chi connectivity index (χ2v) is 4.58. The molecule has 0 bridgehead atoms. The predicted molar refractivity (Wildman–Crippen MR) is 52.1 cm³/mol. The Bertz CT molecular complexity index is 329. The Hall–Kier alpha value is -0.970. The van der Waals surface area contributed by atoms with Gasteiger partial charge in [-0.05, 0) is 6.92 Å². The molecule has 3 nitrogen and oxygen atoms in total. The van der Waals surface area contributed by atoms with Gasteiger partial charge in [0.2, 0.25) is 0 Å². The Balaban J connectivity index is 1.86. The lowest BCUT2D eigenvalue weighted by Gasteiger charge is -2.38. The van der Waals surface area contributed by atoms with Crippen LogP contribution in [0.15, 0.2) is 10.9 Å². The maximum atomic E-state index is 13.1. The van der Waals surface area contributed by atoms with Crippen LogP contribution in [0.25, 0.3) is 0 Å². The Morgan fingerprint density at radius 1 is 1.79 bits per heavy atom. The van der Waals surface area contributed by atoms with Crippen LogP contribution in [-0.4, -0.2) is 22.6 Å². The lowest BCUT2D eigenvalue weighted by Crippen LogP contribution is -2.51. The summed E-state index contributed by atoms with van der Waals surface area (Å²) in [5.41, 5.74) is 0.928. The van der Waals surface area contributed by atoms with E-state index in [2.05, 4.69) is 10.3 Å². The molecule has 1 aromatic rings. The van der Waals surface area contributed by atoms with E-state index in [1.54, 1.807) is 17.8 Å². The standard InChI is InChI=1S/C9H11FN2OS/c1-9(10)2-6(3-9)12-8(13)7-4-14-5-11-7/h4-6H,2-3H2,1H3,(H,12,13). The molecule has 1 N–H and O–H groups in total. The number of nitrogens with one attached hydrogen (secondary N) is 1. The van der Waals surface area contributed by atoms with Gasteiger partial charge < -0.3 is 5.32 Å². The Morgan fingerprint density at radius 2 is 2.50 bits per heavy atom. The van der Waals surface area contributed by atoms with Crippen molar-refractivity contribution in [2.45, 2.75) is 31.5 Å². The van der Waals surface area contributed by atoms with Crippen LogP contribution >= 0.6 is 11.3 Å². The van der Waals surface area contributed by atoms with E-state index in [4.69, 9.17) is 0 Å². The van der Waals surface area contributed by atoms with E-state index in [1.807, 2.05) is 0 Å². The molecule has 0 atom stereocenters. The smallest absolute Gasteiger partial charge is 0.270 e. The van der Waals surface area contributed by atoms with Crippen LogP contribution in [0.3, 0.4) is 0 Å². The van der Waals surface area contributed by atoms with Crippen LogP contribution in [0.2, 0.25) is 0 Å². The molecule has 0 spiro atoms. The molecular formula is C9H11FN2OS. The van der Waals surface area contributed by atoms with Gasteiger partial charge in [0, 0.05) is 24.3 Å². The SMILES string of the molecule is CC1(F)CC(NC(=O)c2cscn2)C1. The van der Waals surface area contributed by atoms with Crippen LogP contribution in [0.5, 0.6) is 0 Å². The van der Waals surface area contributed by atoms with Crippen LogP contribution < -0.4 is 5.32 Å². The van der Waals surface area contributed by atoms with Crippen LogP contribution in [-0.2, 0) is 0 Å². The minimum absolute atomic E-state index is 0.0285. The minimum atomic E-state index is -1.10. The molecule has 2 rings (SSSR count). The monoisotopic (exact) mass is 214 g/mol. The van der Waals surface area contributed by atoms with Gasteiger partial charge in [0.05, 0.1) is 5.51 Å². The zero-order chi connectivity index (χ0) is 10.2. The van der Waals surface area contributed by atoms with Crippen molar-refractivity contribution in [2.24, 2.45) is 0 Å². The molecular weight excluding hydrogens is 203 g/mol. The number of halogens is 1. The highest BCUT2D eigenvalue weighted by Gasteiger charge is 2.41. The van der Waals surface area contributed by atoms with Gasteiger partial charge in [-0.25, -0.2) is 9.37 Å². The molecule has 1 fully saturated rings. The van der Waals surface area contributed by atoms with Crippen molar-refractivity contribution in [2.75, 3.05) is 0 Å². The zero-order valence-corrected chi connectivity index (χ0v) is 8.60. The van der Waals surface area contributed by atoms with Crippen LogP contribution in [0.1, 0.15) is 30.3 Å². The maximum Gasteiger partial charge on any atom is 0.270 e. The summed E-state index contributed by atoms with van der Waals surface area (Å²) in [6, 6.07) is -0.0285. The summed E-state index contributed by atoms with van der Waals surface area (Å²) < 4.78 is 13.1. The second-order valence-electron chi connectivity index (χ2n) is 3.87. The quantitative estimate of drug-likeness (QED) is 0.815. The van der Waals surface area contributed by atoms with Crippen molar-refractivity contribution in [1.82, 2.24) is 10.3 Å². The molecule has 14 heavy (non-hydrogen) atoms. The van der Waals surface area contributed by atoms with Gasteiger partial charge in [0.25, 0.3) is 5.91 Å². The van der Waals surface area contributed by atoms with E-state index in [1.165, 1.54) is 11.3 Å². The Morgan fingerprint density at radius 3 is 3.00 bits per heavy atom. The summed E-state index contributed by atoms with van der Waals surface area (Å²) in [5.74, 6) is -0.202. The Kier molecular flexibility index (Phi) is 2.26. The summed E-state index contributed by atoms with van der Waals surface area (Å²) in [6.07, 6.45) is 0.811. The third kappa shape index (κ3) is 1.92. The summed E-state index contributed by atoms with van der Waals surface area (Å²) >= 11 is 1.37. The number of carbonyl (C=O) groups is 1. The normalized spacial score (nSPS) is 30.9. The molecule has 0 unspecified atom stereocenters. The number of alkyl halides is 1. The first-order chi connectivity index (χ1) is 6.57. The number of carbonyl (C=O) groups excluding carboxylic acids is 1. The van der Waals surface area contributed by atoms with E-state index in [9.17, 15) is 9.18 Å². The van der Waals surface area contributed by atoms with Gasteiger partial charge in [-0.1, -0.05) is 0 Å². The molecule has 1 saturated carbocycles. The topological polar surface area (TPSA) is 42.0 Å². The maximum absolute atomic E-state index is 13.1. The third-order valence-electron chi connectivity index (χ3n) is 2.34. The number of hydrogen-bond acceptors (Lipinski definition) is 3. The molecule has 0 radical (unpaired) electrons. The number of hydrogen-bond donors (Lipinski definition) is 1. The summed E-state index contributed by atoms with van der Waals surface area (Å²) in [6.45, 7) is 1.55. The fourth-order valence-electron chi connectivity index (χ4n) is 1.65. The van der Waals surface area contributed by atoms with Gasteiger partial charge in [-0.2, -0.15) is 0 Å². The van der Waals surface area contributed by atoms with Crippen molar-refractivity contribution < 1.29 is 9.18 Å². The van der Waals surface area contributed by atoms with E-state index in [0.29, 0.717) is 18.5 Å². The molecule has 0 saturated heterocycles. The van der Waals surface area contributed by atoms with E-state index in [0.717, 1.165) is 0 Å². The number of amides is 1. The highest BCUT2D eigenvalue weighted by atomic mass is 32.1. The minimum Gasteiger partial charge on any atom is -0.348 e.